The first-order valence-corrected chi connectivity index (χ1v) is 7.43. The maximum absolute atomic E-state index is 6.02. The van der Waals surface area contributed by atoms with Gasteiger partial charge in [0.15, 0.2) is 0 Å². The van der Waals surface area contributed by atoms with Gasteiger partial charge in [-0.25, -0.2) is 0 Å². The summed E-state index contributed by atoms with van der Waals surface area (Å²) in [5, 5.41) is 12.2. The molecule has 0 radical (unpaired) electrons. The molecule has 4 nitrogen and oxygen atoms in total. The molecule has 0 saturated heterocycles. The van der Waals surface area contributed by atoms with Gasteiger partial charge in [-0.1, -0.05) is 29.3 Å². The summed E-state index contributed by atoms with van der Waals surface area (Å²) in [6.07, 6.45) is 1.32. The van der Waals surface area contributed by atoms with E-state index in [0.717, 1.165) is 22.4 Å². The third-order valence-corrected chi connectivity index (χ3v) is 3.69. The van der Waals surface area contributed by atoms with E-state index in [2.05, 4.69) is 15.5 Å². The fourth-order valence-electron chi connectivity index (χ4n) is 2.15. The molecular formula is C16H13Cl2N3O. The lowest BCUT2D eigenvalue weighted by atomic mass is 10.1. The van der Waals surface area contributed by atoms with Gasteiger partial charge in [0.25, 0.3) is 0 Å². The molecule has 0 aliphatic rings. The van der Waals surface area contributed by atoms with Gasteiger partial charge in [-0.3, -0.25) is 0 Å². The topological polar surface area (TPSA) is 51.0 Å². The van der Waals surface area contributed by atoms with Crippen LogP contribution in [-0.2, 0) is 6.54 Å². The molecule has 6 heteroatoms. The van der Waals surface area contributed by atoms with Gasteiger partial charge in [-0.15, -0.1) is 10.2 Å². The molecule has 0 aliphatic heterocycles. The van der Waals surface area contributed by atoms with Gasteiger partial charge in [0, 0.05) is 27.8 Å². The standard InChI is InChI=1S/C16H13Cl2N3O/c1-10-2-3-12(16-21-20-9-22-16)6-15(10)19-8-11-4-13(17)7-14(18)5-11/h2-7,9,19H,8H2,1H3. The molecule has 3 rings (SSSR count). The molecule has 0 saturated carbocycles. The Kier molecular flexibility index (Phi) is 4.32. The van der Waals surface area contributed by atoms with Gasteiger partial charge >= 0.3 is 0 Å². The summed E-state index contributed by atoms with van der Waals surface area (Å²) >= 11 is 12.0. The van der Waals surface area contributed by atoms with Crippen LogP contribution in [0.15, 0.2) is 47.2 Å². The molecule has 0 aliphatic carbocycles. The Balaban J connectivity index is 1.81. The van der Waals surface area contributed by atoms with Crippen molar-refractivity contribution in [3.63, 3.8) is 0 Å². The average Bonchev–Trinajstić information content (AvgIpc) is 2.99. The normalized spacial score (nSPS) is 10.7. The van der Waals surface area contributed by atoms with Gasteiger partial charge in [0.2, 0.25) is 12.3 Å². The summed E-state index contributed by atoms with van der Waals surface area (Å²) < 4.78 is 5.22. The number of aromatic nitrogens is 2. The highest BCUT2D eigenvalue weighted by molar-refractivity contribution is 6.34. The molecule has 1 heterocycles. The van der Waals surface area contributed by atoms with Crippen molar-refractivity contribution in [1.82, 2.24) is 10.2 Å². The van der Waals surface area contributed by atoms with Gasteiger partial charge in [-0.05, 0) is 48.4 Å². The van der Waals surface area contributed by atoms with Crippen LogP contribution in [0.2, 0.25) is 10.0 Å². The molecular weight excluding hydrogens is 321 g/mol. The number of nitrogens with one attached hydrogen (secondary N) is 1. The highest BCUT2D eigenvalue weighted by Gasteiger charge is 2.07. The number of aryl methyl sites for hydroxylation is 1. The van der Waals surface area contributed by atoms with E-state index in [1.807, 2.05) is 37.3 Å². The number of nitrogens with zero attached hydrogens (tertiary/aromatic N) is 2. The van der Waals surface area contributed by atoms with Crippen molar-refractivity contribution in [2.24, 2.45) is 0 Å². The van der Waals surface area contributed by atoms with Crippen molar-refractivity contribution >= 4 is 28.9 Å². The molecule has 112 valence electrons. The Bertz CT molecular complexity index is 768. The van der Waals surface area contributed by atoms with Crippen molar-refractivity contribution in [3.05, 3.63) is 64.0 Å². The van der Waals surface area contributed by atoms with Gasteiger partial charge in [-0.2, -0.15) is 0 Å². The Hall–Kier alpha value is -2.04. The van der Waals surface area contributed by atoms with Crippen LogP contribution < -0.4 is 5.32 Å². The minimum Gasteiger partial charge on any atom is -0.423 e. The second kappa shape index (κ2) is 6.38. The second-order valence-electron chi connectivity index (χ2n) is 4.90. The summed E-state index contributed by atoms with van der Waals surface area (Å²) in [5.74, 6) is 0.494. The highest BCUT2D eigenvalue weighted by atomic mass is 35.5. The van der Waals surface area contributed by atoms with E-state index < -0.39 is 0 Å². The van der Waals surface area contributed by atoms with Crippen LogP contribution in [0.1, 0.15) is 11.1 Å². The van der Waals surface area contributed by atoms with E-state index in [0.29, 0.717) is 22.5 Å². The monoisotopic (exact) mass is 333 g/mol. The fourth-order valence-corrected chi connectivity index (χ4v) is 2.73. The summed E-state index contributed by atoms with van der Waals surface area (Å²) in [7, 11) is 0. The maximum Gasteiger partial charge on any atom is 0.247 e. The van der Waals surface area contributed by atoms with E-state index in [9.17, 15) is 0 Å². The maximum atomic E-state index is 6.02. The Morgan fingerprint density at radius 1 is 1.09 bits per heavy atom. The lowest BCUT2D eigenvalue weighted by Crippen LogP contribution is -2.01. The van der Waals surface area contributed by atoms with Crippen LogP contribution in [0.3, 0.4) is 0 Å². The van der Waals surface area contributed by atoms with Crippen LogP contribution in [-0.4, -0.2) is 10.2 Å². The van der Waals surface area contributed by atoms with Crippen LogP contribution in [0, 0.1) is 6.92 Å². The number of hydrogen-bond donors (Lipinski definition) is 1. The highest BCUT2D eigenvalue weighted by Crippen LogP contribution is 2.25. The Labute approximate surface area is 138 Å². The van der Waals surface area contributed by atoms with Crippen LogP contribution in [0.5, 0.6) is 0 Å². The van der Waals surface area contributed by atoms with E-state index in [1.165, 1.54) is 6.39 Å². The first-order chi connectivity index (χ1) is 10.6. The van der Waals surface area contributed by atoms with Crippen molar-refractivity contribution < 1.29 is 4.42 Å². The molecule has 0 unspecified atom stereocenters. The first kappa shape index (κ1) is 14.9. The molecule has 2 aromatic carbocycles. The largest absolute Gasteiger partial charge is 0.423 e. The molecule has 0 fully saturated rings. The molecule has 1 aromatic heterocycles. The lowest BCUT2D eigenvalue weighted by molar-refractivity contribution is 0.568. The molecule has 1 N–H and O–H groups in total. The molecule has 22 heavy (non-hydrogen) atoms. The predicted octanol–water partition coefficient (Wildman–Crippen LogP) is 4.96. The number of benzene rings is 2. The molecule has 0 bridgehead atoms. The first-order valence-electron chi connectivity index (χ1n) is 6.68. The summed E-state index contributed by atoms with van der Waals surface area (Å²) in [6.45, 7) is 2.65. The number of anilines is 1. The van der Waals surface area contributed by atoms with Crippen molar-refractivity contribution in [3.8, 4) is 11.5 Å². The third kappa shape index (κ3) is 3.40. The van der Waals surface area contributed by atoms with E-state index in [1.54, 1.807) is 6.07 Å². The Morgan fingerprint density at radius 2 is 1.86 bits per heavy atom. The summed E-state index contributed by atoms with van der Waals surface area (Å²) in [5.41, 5.74) is 4.00. The number of halogens is 2. The average molecular weight is 334 g/mol. The minimum absolute atomic E-state index is 0.494. The molecule has 3 aromatic rings. The van der Waals surface area contributed by atoms with Crippen LogP contribution in [0.4, 0.5) is 5.69 Å². The van der Waals surface area contributed by atoms with Crippen LogP contribution in [0.25, 0.3) is 11.5 Å². The van der Waals surface area contributed by atoms with Crippen LogP contribution >= 0.6 is 23.2 Å². The van der Waals surface area contributed by atoms with Crippen molar-refractivity contribution in [2.45, 2.75) is 13.5 Å². The fraction of sp³-hybridized carbons (Fsp3) is 0.125. The number of hydrogen-bond acceptors (Lipinski definition) is 4. The zero-order chi connectivity index (χ0) is 15.5. The lowest BCUT2D eigenvalue weighted by Gasteiger charge is -2.11. The summed E-state index contributed by atoms with van der Waals surface area (Å²) in [4.78, 5) is 0. The van der Waals surface area contributed by atoms with Gasteiger partial charge < -0.3 is 9.73 Å². The summed E-state index contributed by atoms with van der Waals surface area (Å²) in [6, 6.07) is 11.4. The van der Waals surface area contributed by atoms with Gasteiger partial charge in [0.1, 0.15) is 0 Å². The molecule has 0 spiro atoms. The SMILES string of the molecule is Cc1ccc(-c2nnco2)cc1NCc1cc(Cl)cc(Cl)c1. The van der Waals surface area contributed by atoms with E-state index in [-0.39, 0.29) is 0 Å². The zero-order valence-electron chi connectivity index (χ0n) is 11.8. The van der Waals surface area contributed by atoms with Crippen molar-refractivity contribution in [1.29, 1.82) is 0 Å². The second-order valence-corrected chi connectivity index (χ2v) is 5.78. The van der Waals surface area contributed by atoms with Gasteiger partial charge in [0.05, 0.1) is 0 Å². The predicted molar refractivity (Wildman–Crippen MR) is 88.3 cm³/mol. The third-order valence-electron chi connectivity index (χ3n) is 3.25. The molecule has 0 amide bonds. The quantitative estimate of drug-likeness (QED) is 0.732. The van der Waals surface area contributed by atoms with E-state index >= 15 is 0 Å². The van der Waals surface area contributed by atoms with Crippen molar-refractivity contribution in [2.75, 3.05) is 5.32 Å². The van der Waals surface area contributed by atoms with E-state index in [4.69, 9.17) is 27.6 Å². The minimum atomic E-state index is 0.494. The zero-order valence-corrected chi connectivity index (χ0v) is 13.3. The Morgan fingerprint density at radius 3 is 2.55 bits per heavy atom. The number of rotatable bonds is 4. The molecule has 0 atom stereocenters. The smallest absolute Gasteiger partial charge is 0.247 e.